The van der Waals surface area contributed by atoms with Gasteiger partial charge in [0.2, 0.25) is 0 Å². The summed E-state index contributed by atoms with van der Waals surface area (Å²) in [4.78, 5) is 18.0. The van der Waals surface area contributed by atoms with Gasteiger partial charge < -0.3 is 10.2 Å². The molecular formula is C30H27N9O17S4. The maximum Gasteiger partial charge on any atom is 0.297 e. The lowest BCUT2D eigenvalue weighted by molar-refractivity contribution is -0.385. The van der Waals surface area contributed by atoms with Crippen LogP contribution in [-0.4, -0.2) is 76.8 Å². The molecule has 30 heteroatoms. The van der Waals surface area contributed by atoms with Gasteiger partial charge in [-0.15, -0.1) is 25.6 Å². The number of azo groups is 3. The van der Waals surface area contributed by atoms with E-state index in [0.717, 1.165) is 18.2 Å². The zero-order valence-electron chi connectivity index (χ0n) is 30.5. The van der Waals surface area contributed by atoms with Crippen LogP contribution >= 0.6 is 0 Å². The first-order chi connectivity index (χ1) is 27.4. The number of rotatable bonds is 11. The Kier molecular flexibility index (Phi) is 11.4. The number of non-ortho nitro benzene ring substituents is 1. The first-order valence-corrected chi connectivity index (χ1v) is 21.6. The van der Waals surface area contributed by atoms with E-state index in [1.54, 1.807) is 20.8 Å². The number of aromatic hydroxyl groups is 2. The van der Waals surface area contributed by atoms with E-state index in [0.29, 0.717) is 36.0 Å². The molecule has 1 heterocycles. The summed E-state index contributed by atoms with van der Waals surface area (Å²) >= 11 is 0. The highest BCUT2D eigenvalue weighted by Crippen LogP contribution is 2.50. The van der Waals surface area contributed by atoms with E-state index in [4.69, 9.17) is 0 Å². The molecule has 0 radical (unpaired) electrons. The van der Waals surface area contributed by atoms with Gasteiger partial charge in [0.25, 0.3) is 51.7 Å². The van der Waals surface area contributed by atoms with Gasteiger partial charge in [0.15, 0.2) is 17.2 Å². The van der Waals surface area contributed by atoms with Crippen molar-refractivity contribution in [2.45, 2.75) is 52.8 Å². The highest BCUT2D eigenvalue weighted by atomic mass is 32.2. The van der Waals surface area contributed by atoms with Gasteiger partial charge in [0.05, 0.1) is 27.2 Å². The molecule has 4 aromatic carbocycles. The minimum atomic E-state index is -5.50. The Labute approximate surface area is 336 Å². The summed E-state index contributed by atoms with van der Waals surface area (Å²) in [5, 5.41) is 56.4. The Morgan fingerprint density at radius 2 is 1.07 bits per heavy atom. The van der Waals surface area contributed by atoms with Gasteiger partial charge in [-0.1, -0.05) is 0 Å². The van der Waals surface area contributed by atoms with Crippen molar-refractivity contribution in [3.63, 3.8) is 0 Å². The summed E-state index contributed by atoms with van der Waals surface area (Å²) in [6.07, 6.45) is 0. The lowest BCUT2D eigenvalue weighted by Gasteiger charge is -2.18. The van der Waals surface area contributed by atoms with Gasteiger partial charge in [0, 0.05) is 12.1 Å². The van der Waals surface area contributed by atoms with Gasteiger partial charge in [-0.25, -0.2) is 4.68 Å². The van der Waals surface area contributed by atoms with Crippen LogP contribution in [-0.2, 0) is 46.0 Å². The Morgan fingerprint density at radius 3 is 1.48 bits per heavy atom. The average Bonchev–Trinajstić information content (AvgIpc) is 3.40. The van der Waals surface area contributed by atoms with Gasteiger partial charge >= 0.3 is 0 Å². The number of aryl methyl sites for hydroxylation is 1. The number of phenolic OH excluding ortho intramolecular Hbond substituents is 2. The van der Waals surface area contributed by atoms with Crippen LogP contribution in [0.1, 0.15) is 26.5 Å². The van der Waals surface area contributed by atoms with Gasteiger partial charge in [-0.3, -0.25) is 38.2 Å². The van der Waals surface area contributed by atoms with Gasteiger partial charge in [-0.05, 0) is 69.5 Å². The molecule has 0 aliphatic rings. The predicted molar refractivity (Wildman–Crippen MR) is 203 cm³/mol. The standard InChI is InChI=1S/C30H27N9O17S4/c1-13-24(29(42)38(37-13)30(2,3)4)34-31-15-5-7-17(19(11-15)57(45,46)47)32-35-25-21(59(51,52)53)9-14-10-22(60(54,55)56)26(28(41)23(14)27(25)40)36-33-18-8-6-16(39(43)44)12-20(18)58(48,49)50/h5-12,37,40-41H,1-4H3,(H,45,46,47)(H,48,49,50)(H,51,52,53)(H,54,55,56). The summed E-state index contributed by atoms with van der Waals surface area (Å²) in [7, 11) is -21.5. The van der Waals surface area contributed by atoms with Crippen LogP contribution in [0.3, 0.4) is 0 Å². The molecular weight excluding hydrogens is 887 g/mol. The van der Waals surface area contributed by atoms with Crippen LogP contribution in [0.15, 0.2) is 104 Å². The molecule has 0 fully saturated rings. The first kappa shape index (κ1) is 44.7. The fourth-order valence-corrected chi connectivity index (χ4v) is 7.85. The molecule has 0 aliphatic heterocycles. The highest BCUT2D eigenvalue weighted by molar-refractivity contribution is 7.86. The smallest absolute Gasteiger partial charge is 0.297 e. The third kappa shape index (κ3) is 9.08. The normalized spacial score (nSPS) is 13.3. The molecule has 60 heavy (non-hydrogen) atoms. The van der Waals surface area contributed by atoms with Crippen molar-refractivity contribution >= 4 is 91.1 Å². The summed E-state index contributed by atoms with van der Waals surface area (Å²) < 4.78 is 139. The first-order valence-electron chi connectivity index (χ1n) is 15.9. The largest absolute Gasteiger partial charge is 0.505 e. The topological polar surface area (TPSA) is 413 Å². The Bertz CT molecular complexity index is 3280. The number of phenols is 2. The van der Waals surface area contributed by atoms with Crippen LogP contribution in [0, 0.1) is 17.0 Å². The van der Waals surface area contributed by atoms with Crippen LogP contribution in [0.2, 0.25) is 0 Å². The van der Waals surface area contributed by atoms with Crippen molar-refractivity contribution < 1.29 is 67.0 Å². The molecule has 0 atom stereocenters. The van der Waals surface area contributed by atoms with Gasteiger partial charge in [-0.2, -0.15) is 38.8 Å². The van der Waals surface area contributed by atoms with Crippen LogP contribution in [0.5, 0.6) is 11.5 Å². The third-order valence-electron chi connectivity index (χ3n) is 7.95. The van der Waals surface area contributed by atoms with E-state index in [9.17, 15) is 77.0 Å². The van der Waals surface area contributed by atoms with Crippen molar-refractivity contribution in [2.24, 2.45) is 30.7 Å². The van der Waals surface area contributed by atoms with Crippen molar-refractivity contribution in [3.8, 4) is 11.5 Å². The number of aromatic amines is 1. The molecule has 0 spiro atoms. The molecule has 5 aromatic rings. The van der Waals surface area contributed by atoms with E-state index < -0.39 is 127 Å². The monoisotopic (exact) mass is 913 g/mol. The molecule has 26 nitrogen and oxygen atoms in total. The molecule has 0 unspecified atom stereocenters. The van der Waals surface area contributed by atoms with Crippen LogP contribution in [0.4, 0.5) is 39.8 Å². The van der Waals surface area contributed by atoms with Gasteiger partial charge in [0.1, 0.15) is 42.3 Å². The zero-order chi connectivity index (χ0) is 45.1. The van der Waals surface area contributed by atoms with E-state index in [2.05, 4.69) is 35.8 Å². The molecule has 0 aliphatic carbocycles. The Hall–Kier alpha value is -6.41. The quantitative estimate of drug-likeness (QED) is 0.0348. The van der Waals surface area contributed by atoms with Crippen LogP contribution in [0.25, 0.3) is 10.8 Å². The molecule has 0 saturated heterocycles. The Balaban J connectivity index is 1.70. The fraction of sp³-hybridized carbons (Fsp3) is 0.167. The maximum absolute atomic E-state index is 12.9. The number of nitrogens with zero attached hydrogens (tertiary/aromatic N) is 8. The number of nitrogens with one attached hydrogen (secondary N) is 1. The number of hydrogen-bond donors (Lipinski definition) is 7. The number of benzene rings is 4. The number of aromatic nitrogens is 2. The second kappa shape index (κ2) is 15.3. The molecule has 0 amide bonds. The lowest BCUT2D eigenvalue weighted by atomic mass is 10.1. The second-order valence-electron chi connectivity index (χ2n) is 13.2. The number of nitro benzene ring substituents is 1. The molecule has 0 bridgehead atoms. The minimum absolute atomic E-state index is 0.141. The Morgan fingerprint density at radius 1 is 0.633 bits per heavy atom. The van der Waals surface area contributed by atoms with E-state index in [1.807, 2.05) is 0 Å². The second-order valence-corrected chi connectivity index (χ2v) is 18.8. The molecule has 0 saturated carbocycles. The molecule has 5 rings (SSSR count). The van der Waals surface area contributed by atoms with E-state index >= 15 is 0 Å². The number of nitro groups is 1. The van der Waals surface area contributed by atoms with Crippen LogP contribution < -0.4 is 5.56 Å². The van der Waals surface area contributed by atoms with E-state index in [-0.39, 0.29) is 11.4 Å². The van der Waals surface area contributed by atoms with Crippen molar-refractivity contribution in [1.82, 2.24) is 9.78 Å². The fourth-order valence-electron chi connectivity index (χ4n) is 5.25. The predicted octanol–water partition coefficient (Wildman–Crippen LogP) is 5.95. The number of fused-ring (bicyclic) bond motifs is 1. The minimum Gasteiger partial charge on any atom is -0.505 e. The number of H-pyrrole nitrogens is 1. The summed E-state index contributed by atoms with van der Waals surface area (Å²) in [5.74, 6) is -2.88. The summed E-state index contributed by atoms with van der Waals surface area (Å²) in [6, 6.07) is 5.19. The van der Waals surface area contributed by atoms with Crippen molar-refractivity contribution in [1.29, 1.82) is 0 Å². The molecule has 7 N–H and O–H groups in total. The van der Waals surface area contributed by atoms with Crippen molar-refractivity contribution in [3.05, 3.63) is 74.7 Å². The van der Waals surface area contributed by atoms with E-state index in [1.165, 1.54) is 11.6 Å². The average molecular weight is 914 g/mol. The third-order valence-corrected chi connectivity index (χ3v) is 11.5. The maximum atomic E-state index is 12.9. The van der Waals surface area contributed by atoms with Crippen molar-refractivity contribution in [2.75, 3.05) is 0 Å². The summed E-state index contributed by atoms with van der Waals surface area (Å²) in [6.45, 7) is 6.73. The SMILES string of the molecule is Cc1[nH]n(C(C)(C)C)c(=O)c1N=Nc1ccc(N=Nc2c(S(=O)(=O)O)cc3cc(S(=O)(=O)O)c(N=Nc4ccc([N+](=O)[O-])cc4S(=O)(=O)O)c(O)c3c2O)c(S(=O)(=O)O)c1. The summed E-state index contributed by atoms with van der Waals surface area (Å²) in [5.41, 5.74) is -6.39. The zero-order valence-corrected chi connectivity index (χ0v) is 33.8. The lowest BCUT2D eigenvalue weighted by Crippen LogP contribution is -2.32. The highest BCUT2D eigenvalue weighted by Gasteiger charge is 2.30. The molecule has 1 aromatic heterocycles. The molecule has 318 valence electrons. The number of hydrogen-bond acceptors (Lipinski definition) is 19.